The third-order valence-corrected chi connectivity index (χ3v) is 4.32. The molecule has 1 fully saturated rings. The summed E-state index contributed by atoms with van der Waals surface area (Å²) in [4.78, 5) is 13.8. The summed E-state index contributed by atoms with van der Waals surface area (Å²) in [5.74, 6) is 3.24. The summed E-state index contributed by atoms with van der Waals surface area (Å²) >= 11 is 1.50. The molecule has 0 saturated heterocycles. The second-order valence-electron chi connectivity index (χ2n) is 5.37. The largest absolute Gasteiger partial charge is 0.370 e. The highest BCUT2D eigenvalue weighted by molar-refractivity contribution is 7.99. The van der Waals surface area contributed by atoms with Crippen LogP contribution in [0.5, 0.6) is 0 Å². The van der Waals surface area contributed by atoms with Crippen molar-refractivity contribution in [2.45, 2.75) is 56.1 Å². The number of aromatic amines is 1. The van der Waals surface area contributed by atoms with Crippen LogP contribution in [0.15, 0.2) is 10.2 Å². The first kappa shape index (κ1) is 14.3. The fraction of sp³-hybridized carbons (Fsp3) is 0.571. The van der Waals surface area contributed by atoms with Crippen molar-refractivity contribution < 1.29 is 0 Å². The van der Waals surface area contributed by atoms with E-state index < -0.39 is 0 Å². The first-order chi connectivity index (χ1) is 10.2. The highest BCUT2D eigenvalue weighted by Crippen LogP contribution is 2.40. The summed E-state index contributed by atoms with van der Waals surface area (Å²) < 4.78 is 0. The third kappa shape index (κ3) is 3.34. The Morgan fingerprint density at radius 1 is 1.24 bits per heavy atom. The van der Waals surface area contributed by atoms with Gasteiger partial charge < -0.3 is 5.32 Å². The van der Waals surface area contributed by atoms with E-state index >= 15 is 0 Å². The molecule has 0 bridgehead atoms. The van der Waals surface area contributed by atoms with Crippen molar-refractivity contribution in [1.29, 1.82) is 0 Å². The number of nitrogens with zero attached hydrogens (tertiary/aromatic N) is 4. The van der Waals surface area contributed by atoms with Crippen LogP contribution in [-0.2, 0) is 0 Å². The van der Waals surface area contributed by atoms with Gasteiger partial charge in [-0.25, -0.2) is 15.0 Å². The fourth-order valence-corrected chi connectivity index (χ4v) is 2.84. The molecule has 2 N–H and O–H groups in total. The number of nitrogens with one attached hydrogen (secondary N) is 2. The van der Waals surface area contributed by atoms with Crippen LogP contribution >= 0.6 is 11.8 Å². The van der Waals surface area contributed by atoms with Crippen LogP contribution in [-0.4, -0.2) is 31.7 Å². The van der Waals surface area contributed by atoms with Crippen LogP contribution in [0.1, 0.15) is 49.3 Å². The zero-order chi connectivity index (χ0) is 14.8. The summed E-state index contributed by atoms with van der Waals surface area (Å²) in [6.07, 6.45) is 3.46. The van der Waals surface area contributed by atoms with Gasteiger partial charge in [-0.2, -0.15) is 0 Å². The molecule has 1 aliphatic carbocycles. The molecule has 0 aromatic carbocycles. The molecule has 0 amide bonds. The fourth-order valence-electron chi connectivity index (χ4n) is 2.01. The molecule has 0 spiro atoms. The zero-order valence-corrected chi connectivity index (χ0v) is 13.4. The van der Waals surface area contributed by atoms with E-state index in [0.717, 1.165) is 41.0 Å². The average molecular weight is 304 g/mol. The van der Waals surface area contributed by atoms with Gasteiger partial charge in [-0.3, -0.25) is 5.10 Å². The predicted octanol–water partition coefficient (Wildman–Crippen LogP) is 3.06. The number of H-pyrrole nitrogens is 1. The lowest BCUT2D eigenvalue weighted by Crippen LogP contribution is -2.08. The monoisotopic (exact) mass is 304 g/mol. The van der Waals surface area contributed by atoms with Crippen molar-refractivity contribution in [3.63, 3.8) is 0 Å². The number of hydrogen-bond donors (Lipinski definition) is 2. The van der Waals surface area contributed by atoms with Crippen molar-refractivity contribution in [1.82, 2.24) is 25.1 Å². The van der Waals surface area contributed by atoms with Crippen LogP contribution in [0.25, 0.3) is 0 Å². The van der Waals surface area contributed by atoms with Gasteiger partial charge in [0, 0.05) is 18.0 Å². The molecule has 2 aromatic heterocycles. The van der Waals surface area contributed by atoms with Gasteiger partial charge in [-0.15, -0.1) is 5.10 Å². The minimum atomic E-state index is 0.529. The lowest BCUT2D eigenvalue weighted by atomic mass is 10.3. The van der Waals surface area contributed by atoms with E-state index in [0.29, 0.717) is 11.1 Å². The molecule has 0 unspecified atom stereocenters. The molecule has 2 aromatic rings. The average Bonchev–Trinajstić information content (AvgIpc) is 3.23. The number of aromatic nitrogens is 5. The quantitative estimate of drug-likeness (QED) is 0.798. The highest BCUT2D eigenvalue weighted by Gasteiger charge is 2.28. The molecular weight excluding hydrogens is 284 g/mol. The Morgan fingerprint density at radius 2 is 2.05 bits per heavy atom. The molecule has 1 aliphatic rings. The van der Waals surface area contributed by atoms with E-state index in [-0.39, 0.29) is 0 Å². The minimum absolute atomic E-state index is 0.529. The Hall–Kier alpha value is -1.63. The maximum Gasteiger partial charge on any atom is 0.214 e. The standard InChI is InChI=1S/C14H20N6S/c1-4-7-15-11-8(2)13(18-12(17-11)10-5-6-10)21-14-16-9(3)19-20-14/h10H,4-7H2,1-3H3,(H,15,17,18)(H,16,19,20). The van der Waals surface area contributed by atoms with E-state index in [4.69, 9.17) is 9.97 Å². The second-order valence-corrected chi connectivity index (χ2v) is 6.32. The second kappa shape index (κ2) is 6.01. The van der Waals surface area contributed by atoms with Crippen molar-refractivity contribution >= 4 is 17.6 Å². The predicted molar refractivity (Wildman–Crippen MR) is 82.8 cm³/mol. The van der Waals surface area contributed by atoms with Crippen LogP contribution in [0, 0.1) is 13.8 Å². The van der Waals surface area contributed by atoms with Crippen molar-refractivity contribution in [2.24, 2.45) is 0 Å². The first-order valence-electron chi connectivity index (χ1n) is 7.36. The molecule has 3 rings (SSSR count). The van der Waals surface area contributed by atoms with Gasteiger partial charge in [-0.1, -0.05) is 6.92 Å². The molecule has 7 heteroatoms. The van der Waals surface area contributed by atoms with E-state index in [1.165, 1.54) is 24.6 Å². The van der Waals surface area contributed by atoms with Gasteiger partial charge in [0.05, 0.1) is 0 Å². The molecule has 0 aliphatic heterocycles. The lowest BCUT2D eigenvalue weighted by molar-refractivity contribution is 0.850. The van der Waals surface area contributed by atoms with Crippen molar-refractivity contribution in [3.8, 4) is 0 Å². The molecule has 0 radical (unpaired) electrons. The summed E-state index contributed by atoms with van der Waals surface area (Å²) in [6, 6.07) is 0. The Morgan fingerprint density at radius 3 is 2.67 bits per heavy atom. The Balaban J connectivity index is 1.91. The van der Waals surface area contributed by atoms with E-state index in [1.807, 2.05) is 6.92 Å². The molecule has 21 heavy (non-hydrogen) atoms. The van der Waals surface area contributed by atoms with Gasteiger partial charge in [0.15, 0.2) is 0 Å². The first-order valence-corrected chi connectivity index (χ1v) is 8.18. The minimum Gasteiger partial charge on any atom is -0.370 e. The molecule has 112 valence electrons. The molecular formula is C14H20N6S. The van der Waals surface area contributed by atoms with Crippen LogP contribution in [0.3, 0.4) is 0 Å². The summed E-state index contributed by atoms with van der Waals surface area (Å²) in [7, 11) is 0. The number of aryl methyl sites for hydroxylation is 1. The van der Waals surface area contributed by atoms with E-state index in [2.05, 4.69) is 34.3 Å². The summed E-state index contributed by atoms with van der Waals surface area (Å²) in [6.45, 7) is 7.02. The van der Waals surface area contributed by atoms with E-state index in [1.54, 1.807) is 0 Å². The smallest absolute Gasteiger partial charge is 0.214 e. The van der Waals surface area contributed by atoms with Crippen molar-refractivity contribution in [3.05, 3.63) is 17.2 Å². The topological polar surface area (TPSA) is 79.4 Å². The molecule has 1 saturated carbocycles. The summed E-state index contributed by atoms with van der Waals surface area (Å²) in [5.41, 5.74) is 1.07. The maximum absolute atomic E-state index is 4.73. The number of rotatable bonds is 6. The maximum atomic E-state index is 4.73. The van der Waals surface area contributed by atoms with Crippen LogP contribution in [0.4, 0.5) is 5.82 Å². The van der Waals surface area contributed by atoms with Gasteiger partial charge in [0.2, 0.25) is 5.16 Å². The van der Waals surface area contributed by atoms with Crippen molar-refractivity contribution in [2.75, 3.05) is 11.9 Å². The lowest BCUT2D eigenvalue weighted by Gasteiger charge is -2.12. The Labute approximate surface area is 128 Å². The van der Waals surface area contributed by atoms with Gasteiger partial charge in [0.1, 0.15) is 22.5 Å². The number of anilines is 1. The molecule has 6 nitrogen and oxygen atoms in total. The third-order valence-electron chi connectivity index (χ3n) is 3.37. The van der Waals surface area contributed by atoms with Gasteiger partial charge in [-0.05, 0) is 44.9 Å². The van der Waals surface area contributed by atoms with Crippen LogP contribution in [0.2, 0.25) is 0 Å². The van der Waals surface area contributed by atoms with Crippen LogP contribution < -0.4 is 5.32 Å². The number of hydrogen-bond acceptors (Lipinski definition) is 6. The highest BCUT2D eigenvalue weighted by atomic mass is 32.2. The Bertz CT molecular complexity index is 634. The zero-order valence-electron chi connectivity index (χ0n) is 12.6. The van der Waals surface area contributed by atoms with Gasteiger partial charge in [0.25, 0.3) is 0 Å². The van der Waals surface area contributed by atoms with E-state index in [9.17, 15) is 0 Å². The molecule has 2 heterocycles. The molecule has 0 atom stereocenters. The Kier molecular flexibility index (Phi) is 4.10. The van der Waals surface area contributed by atoms with Gasteiger partial charge >= 0.3 is 0 Å². The normalized spacial score (nSPS) is 14.4. The summed E-state index contributed by atoms with van der Waals surface area (Å²) in [5, 5.41) is 12.1. The SMILES string of the molecule is CCCNc1nc(C2CC2)nc(Sc2n[nH]c(C)n2)c1C.